The van der Waals surface area contributed by atoms with Gasteiger partial charge in [0, 0.05) is 17.5 Å². The molecule has 2 rings (SSSR count). The summed E-state index contributed by atoms with van der Waals surface area (Å²) in [6.07, 6.45) is 0.661. The molecule has 0 bridgehead atoms. The third-order valence-electron chi connectivity index (χ3n) is 3.64. The van der Waals surface area contributed by atoms with Gasteiger partial charge >= 0.3 is 0 Å². The minimum Gasteiger partial charge on any atom is -0.396 e. The van der Waals surface area contributed by atoms with Gasteiger partial charge in [-0.3, -0.25) is 4.79 Å². The van der Waals surface area contributed by atoms with E-state index in [0.29, 0.717) is 18.5 Å². The number of carbonyl (C=O) groups is 1. The largest absolute Gasteiger partial charge is 0.396 e. The molecular formula is C18H20FNO2. The van der Waals surface area contributed by atoms with E-state index < -0.39 is 5.41 Å². The Balaban J connectivity index is 1.97. The molecule has 4 heteroatoms. The van der Waals surface area contributed by atoms with Crippen LogP contribution in [0, 0.1) is 11.2 Å². The number of amides is 1. The second kappa shape index (κ2) is 7.18. The highest BCUT2D eigenvalue weighted by atomic mass is 19.1. The second-order valence-electron chi connectivity index (χ2n) is 5.82. The van der Waals surface area contributed by atoms with Crippen LogP contribution in [0.5, 0.6) is 0 Å². The summed E-state index contributed by atoms with van der Waals surface area (Å²) in [5.74, 6) is -0.645. The number of aliphatic hydroxyl groups is 1. The minimum absolute atomic E-state index is 0.0361. The highest BCUT2D eigenvalue weighted by Crippen LogP contribution is 2.21. The molecule has 0 aliphatic heterocycles. The van der Waals surface area contributed by atoms with Gasteiger partial charge in [0.15, 0.2) is 0 Å². The van der Waals surface area contributed by atoms with E-state index in [2.05, 4.69) is 5.32 Å². The lowest BCUT2D eigenvalue weighted by Gasteiger charge is -2.27. The maximum Gasteiger partial charge on any atom is 0.251 e. The number of carbonyl (C=O) groups excluding carboxylic acids is 1. The smallest absolute Gasteiger partial charge is 0.251 e. The zero-order valence-electron chi connectivity index (χ0n) is 12.6. The topological polar surface area (TPSA) is 49.3 Å². The third kappa shape index (κ3) is 4.40. The molecule has 0 saturated carbocycles. The lowest BCUT2D eigenvalue weighted by Crippen LogP contribution is -2.39. The van der Waals surface area contributed by atoms with E-state index >= 15 is 0 Å². The van der Waals surface area contributed by atoms with Crippen molar-refractivity contribution in [2.24, 2.45) is 5.41 Å². The van der Waals surface area contributed by atoms with Gasteiger partial charge in [0.25, 0.3) is 5.91 Å². The Labute approximate surface area is 129 Å². The van der Waals surface area contributed by atoms with E-state index in [1.807, 2.05) is 37.3 Å². The van der Waals surface area contributed by atoms with Crippen molar-refractivity contribution in [3.05, 3.63) is 71.5 Å². The average Bonchev–Trinajstić information content (AvgIpc) is 2.54. The average molecular weight is 301 g/mol. The molecule has 116 valence electrons. The summed E-state index contributed by atoms with van der Waals surface area (Å²) in [6.45, 7) is 2.23. The molecule has 0 aliphatic carbocycles. The van der Waals surface area contributed by atoms with Crippen LogP contribution in [0.1, 0.15) is 22.8 Å². The molecule has 2 N–H and O–H groups in total. The Kier molecular flexibility index (Phi) is 5.28. The molecule has 1 atom stereocenters. The number of nitrogens with one attached hydrogen (secondary N) is 1. The Morgan fingerprint density at radius 1 is 1.14 bits per heavy atom. The molecular weight excluding hydrogens is 281 g/mol. The number of hydrogen-bond acceptors (Lipinski definition) is 2. The lowest BCUT2D eigenvalue weighted by atomic mass is 9.84. The molecule has 0 fully saturated rings. The van der Waals surface area contributed by atoms with Crippen molar-refractivity contribution in [3.63, 3.8) is 0 Å². The van der Waals surface area contributed by atoms with Gasteiger partial charge in [-0.2, -0.15) is 0 Å². The van der Waals surface area contributed by atoms with E-state index in [4.69, 9.17) is 0 Å². The predicted octanol–water partition coefficient (Wildman–Crippen LogP) is 2.80. The summed E-state index contributed by atoms with van der Waals surface area (Å²) < 4.78 is 12.9. The normalized spacial score (nSPS) is 13.4. The van der Waals surface area contributed by atoms with Crippen molar-refractivity contribution in [1.29, 1.82) is 0 Å². The molecule has 0 aromatic heterocycles. The first-order valence-electron chi connectivity index (χ1n) is 7.21. The molecule has 1 unspecified atom stereocenters. The van der Waals surface area contributed by atoms with Crippen LogP contribution in [-0.2, 0) is 6.42 Å². The summed E-state index contributed by atoms with van der Waals surface area (Å²) >= 11 is 0. The molecule has 0 radical (unpaired) electrons. The van der Waals surface area contributed by atoms with E-state index in [0.717, 1.165) is 5.56 Å². The molecule has 22 heavy (non-hydrogen) atoms. The third-order valence-corrected chi connectivity index (χ3v) is 3.64. The minimum atomic E-state index is -0.447. The van der Waals surface area contributed by atoms with Crippen LogP contribution in [0.4, 0.5) is 4.39 Å². The van der Waals surface area contributed by atoms with Crippen LogP contribution in [0.2, 0.25) is 0 Å². The van der Waals surface area contributed by atoms with Crippen LogP contribution in [-0.4, -0.2) is 24.2 Å². The van der Waals surface area contributed by atoms with Gasteiger partial charge in [0.1, 0.15) is 5.82 Å². The first-order chi connectivity index (χ1) is 10.5. The summed E-state index contributed by atoms with van der Waals surface area (Å²) in [5.41, 5.74) is 1.06. The van der Waals surface area contributed by atoms with Crippen LogP contribution in [0.25, 0.3) is 0 Å². The lowest BCUT2D eigenvalue weighted by molar-refractivity contribution is 0.0895. The number of rotatable bonds is 6. The van der Waals surface area contributed by atoms with Gasteiger partial charge in [0.2, 0.25) is 0 Å². The number of hydrogen-bond donors (Lipinski definition) is 2. The van der Waals surface area contributed by atoms with Crippen molar-refractivity contribution in [2.75, 3.05) is 13.2 Å². The standard InChI is InChI=1S/C18H20FNO2/c1-18(13-21,11-14-5-3-2-4-6-14)12-20-17(22)15-7-9-16(19)10-8-15/h2-10,21H,11-13H2,1H3,(H,20,22). The van der Waals surface area contributed by atoms with E-state index in [-0.39, 0.29) is 18.3 Å². The molecule has 0 saturated heterocycles. The van der Waals surface area contributed by atoms with Crippen LogP contribution < -0.4 is 5.32 Å². The number of benzene rings is 2. The maximum atomic E-state index is 12.9. The van der Waals surface area contributed by atoms with E-state index in [9.17, 15) is 14.3 Å². The van der Waals surface area contributed by atoms with Gasteiger partial charge < -0.3 is 10.4 Å². The molecule has 1 amide bonds. The Morgan fingerprint density at radius 3 is 2.36 bits per heavy atom. The van der Waals surface area contributed by atoms with Gasteiger partial charge in [-0.25, -0.2) is 4.39 Å². The first-order valence-corrected chi connectivity index (χ1v) is 7.21. The fourth-order valence-corrected chi connectivity index (χ4v) is 2.26. The van der Waals surface area contributed by atoms with Crippen molar-refractivity contribution in [1.82, 2.24) is 5.32 Å². The SMILES string of the molecule is CC(CO)(CNC(=O)c1ccc(F)cc1)Cc1ccccc1. The molecule has 2 aromatic rings. The molecule has 0 spiro atoms. The van der Waals surface area contributed by atoms with Crippen molar-refractivity contribution < 1.29 is 14.3 Å². The molecule has 0 heterocycles. The Bertz CT molecular complexity index is 613. The zero-order chi connectivity index (χ0) is 16.0. The first kappa shape index (κ1) is 16.2. The van der Waals surface area contributed by atoms with E-state index in [1.54, 1.807) is 0 Å². The summed E-state index contributed by atoms with van der Waals surface area (Å²) in [5, 5.41) is 12.5. The molecule has 2 aromatic carbocycles. The van der Waals surface area contributed by atoms with Gasteiger partial charge in [-0.1, -0.05) is 37.3 Å². The quantitative estimate of drug-likeness (QED) is 0.862. The monoisotopic (exact) mass is 301 g/mol. The van der Waals surface area contributed by atoms with Crippen molar-refractivity contribution in [3.8, 4) is 0 Å². The van der Waals surface area contributed by atoms with Crippen LogP contribution in [0.3, 0.4) is 0 Å². The van der Waals surface area contributed by atoms with Crippen LogP contribution >= 0.6 is 0 Å². The summed E-state index contributed by atoms with van der Waals surface area (Å²) in [7, 11) is 0. The Hall–Kier alpha value is -2.20. The Morgan fingerprint density at radius 2 is 1.77 bits per heavy atom. The van der Waals surface area contributed by atoms with Gasteiger partial charge in [-0.05, 0) is 36.2 Å². The van der Waals surface area contributed by atoms with Crippen LogP contribution in [0.15, 0.2) is 54.6 Å². The van der Waals surface area contributed by atoms with Gasteiger partial charge in [0.05, 0.1) is 6.61 Å². The van der Waals surface area contributed by atoms with E-state index in [1.165, 1.54) is 24.3 Å². The molecule has 0 aliphatic rings. The zero-order valence-corrected chi connectivity index (χ0v) is 12.6. The maximum absolute atomic E-state index is 12.9. The fraction of sp³-hybridized carbons (Fsp3) is 0.278. The van der Waals surface area contributed by atoms with Crippen molar-refractivity contribution in [2.45, 2.75) is 13.3 Å². The van der Waals surface area contributed by atoms with Crippen molar-refractivity contribution >= 4 is 5.91 Å². The number of aliphatic hydroxyl groups excluding tert-OH is 1. The summed E-state index contributed by atoms with van der Waals surface area (Å²) in [4.78, 5) is 12.1. The second-order valence-corrected chi connectivity index (χ2v) is 5.82. The predicted molar refractivity (Wildman–Crippen MR) is 84.1 cm³/mol. The number of halogens is 1. The highest BCUT2D eigenvalue weighted by Gasteiger charge is 2.25. The summed E-state index contributed by atoms with van der Waals surface area (Å²) in [6, 6.07) is 15.2. The van der Waals surface area contributed by atoms with Gasteiger partial charge in [-0.15, -0.1) is 0 Å². The fourth-order valence-electron chi connectivity index (χ4n) is 2.26. The highest BCUT2D eigenvalue weighted by molar-refractivity contribution is 5.94. The molecule has 3 nitrogen and oxygen atoms in total.